The molecule has 1 aromatic heterocycles. The van der Waals surface area contributed by atoms with Crippen molar-refractivity contribution in [1.29, 1.82) is 0 Å². The molecule has 5 nitrogen and oxygen atoms in total. The van der Waals surface area contributed by atoms with Crippen molar-refractivity contribution in [2.45, 2.75) is 19.9 Å². The Labute approximate surface area is 82.1 Å². The number of hydrogen-bond donors (Lipinski definition) is 0. The van der Waals surface area contributed by atoms with Crippen molar-refractivity contribution in [3.05, 3.63) is 12.2 Å². The van der Waals surface area contributed by atoms with Crippen LogP contribution in [0.2, 0.25) is 0 Å². The molecule has 5 heteroatoms. The summed E-state index contributed by atoms with van der Waals surface area (Å²) in [5, 5.41) is 3.92. The van der Waals surface area contributed by atoms with E-state index in [1.54, 1.807) is 11.6 Å². The molecule has 0 atom stereocenters. The molecule has 74 valence electrons. The van der Waals surface area contributed by atoms with Gasteiger partial charge in [-0.15, -0.1) is 16.9 Å². The molecule has 0 bridgehead atoms. The Balaban J connectivity index is 2.57. The fourth-order valence-corrected chi connectivity index (χ4v) is 0.883. The third kappa shape index (κ3) is 2.59. The minimum Gasteiger partial charge on any atom is -0.463 e. The molecule has 0 radical (unpaired) electrons. The number of aromatic nitrogens is 3. The molecule has 1 heterocycles. The van der Waals surface area contributed by atoms with Crippen molar-refractivity contribution < 1.29 is 9.53 Å². The van der Waals surface area contributed by atoms with Crippen LogP contribution >= 0.6 is 0 Å². The van der Waals surface area contributed by atoms with Gasteiger partial charge in [0, 0.05) is 6.42 Å². The summed E-state index contributed by atoms with van der Waals surface area (Å²) in [7, 11) is 1.30. The van der Waals surface area contributed by atoms with Gasteiger partial charge in [0.25, 0.3) is 5.82 Å². The summed E-state index contributed by atoms with van der Waals surface area (Å²) in [6.45, 7) is 2.41. The molecule has 0 aliphatic carbocycles. The monoisotopic (exact) mass is 193 g/mol. The predicted molar refractivity (Wildman–Crippen MR) is 49.4 cm³/mol. The Kier molecular flexibility index (Phi) is 3.68. The minimum atomic E-state index is -0.523. The van der Waals surface area contributed by atoms with Crippen molar-refractivity contribution in [2.24, 2.45) is 0 Å². The fraction of sp³-hybridized carbons (Fsp3) is 0.444. The number of esters is 1. The van der Waals surface area contributed by atoms with Crippen molar-refractivity contribution in [3.8, 4) is 11.8 Å². The molecule has 0 unspecified atom stereocenters. The molecular weight excluding hydrogens is 182 g/mol. The predicted octanol–water partition coefficient (Wildman–Crippen LogP) is 0.478. The van der Waals surface area contributed by atoms with Gasteiger partial charge in [0.15, 0.2) is 0 Å². The van der Waals surface area contributed by atoms with E-state index in [0.29, 0.717) is 13.0 Å². The Morgan fingerprint density at radius 3 is 3.14 bits per heavy atom. The van der Waals surface area contributed by atoms with Gasteiger partial charge in [0.2, 0.25) is 0 Å². The first kappa shape index (κ1) is 10.3. The third-order valence-corrected chi connectivity index (χ3v) is 1.55. The molecule has 1 aromatic rings. The third-order valence-electron chi connectivity index (χ3n) is 1.55. The number of hydrogen-bond acceptors (Lipinski definition) is 4. The summed E-state index contributed by atoms with van der Waals surface area (Å²) < 4.78 is 6.04. The number of ether oxygens (including phenoxy) is 1. The smallest absolute Gasteiger partial charge is 0.377 e. The zero-order valence-corrected chi connectivity index (χ0v) is 8.15. The number of methoxy groups -OCH3 is 1. The van der Waals surface area contributed by atoms with E-state index in [1.165, 1.54) is 13.4 Å². The largest absolute Gasteiger partial charge is 0.463 e. The molecule has 0 aliphatic rings. The Hall–Kier alpha value is -1.83. The van der Waals surface area contributed by atoms with Crippen LogP contribution in [0.3, 0.4) is 0 Å². The van der Waals surface area contributed by atoms with Crippen LogP contribution in [0.25, 0.3) is 0 Å². The summed E-state index contributed by atoms with van der Waals surface area (Å²) in [6, 6.07) is 0. The van der Waals surface area contributed by atoms with Crippen LogP contribution in [-0.4, -0.2) is 27.8 Å². The number of nitrogens with zero attached hydrogens (tertiary/aromatic N) is 3. The van der Waals surface area contributed by atoms with Gasteiger partial charge in [-0.2, -0.15) is 0 Å². The van der Waals surface area contributed by atoms with Crippen LogP contribution in [0.1, 0.15) is 24.0 Å². The first-order chi connectivity index (χ1) is 6.77. The summed E-state index contributed by atoms with van der Waals surface area (Å²) in [6.07, 6.45) is 2.18. The molecule has 0 fully saturated rings. The molecule has 1 rings (SSSR count). The first-order valence-corrected chi connectivity index (χ1v) is 4.15. The Bertz CT molecular complexity index is 373. The van der Waals surface area contributed by atoms with E-state index in [2.05, 4.69) is 26.7 Å². The molecule has 0 N–H and O–H groups in total. The van der Waals surface area contributed by atoms with Gasteiger partial charge in [-0.1, -0.05) is 0 Å². The molecule has 14 heavy (non-hydrogen) atoms. The number of carbonyl (C=O) groups is 1. The lowest BCUT2D eigenvalue weighted by Gasteiger charge is -1.93. The minimum absolute atomic E-state index is 0.0805. The fourth-order valence-electron chi connectivity index (χ4n) is 0.883. The number of carbonyl (C=O) groups excluding carboxylic acids is 1. The van der Waals surface area contributed by atoms with Crippen LogP contribution in [-0.2, 0) is 11.3 Å². The maximum absolute atomic E-state index is 11.0. The number of rotatable bonds is 3. The normalized spacial score (nSPS) is 9.00. The van der Waals surface area contributed by atoms with Crippen molar-refractivity contribution >= 4 is 5.97 Å². The SMILES string of the molecule is CC#CCCn1cnc(C(=O)OC)n1. The molecule has 0 saturated carbocycles. The van der Waals surface area contributed by atoms with Crippen molar-refractivity contribution in [1.82, 2.24) is 14.8 Å². The van der Waals surface area contributed by atoms with Gasteiger partial charge in [-0.05, 0) is 6.92 Å². The lowest BCUT2D eigenvalue weighted by Crippen LogP contribution is -2.05. The van der Waals surface area contributed by atoms with E-state index >= 15 is 0 Å². The lowest BCUT2D eigenvalue weighted by atomic mass is 10.4. The second kappa shape index (κ2) is 5.02. The average Bonchev–Trinajstić information content (AvgIpc) is 2.66. The van der Waals surface area contributed by atoms with E-state index in [9.17, 15) is 4.79 Å². The molecule has 0 amide bonds. The van der Waals surface area contributed by atoms with Gasteiger partial charge in [-0.25, -0.2) is 9.78 Å². The summed E-state index contributed by atoms with van der Waals surface area (Å²) in [5.41, 5.74) is 0. The highest BCUT2D eigenvalue weighted by atomic mass is 16.5. The number of aryl methyl sites for hydroxylation is 1. The molecule has 0 aromatic carbocycles. The van der Waals surface area contributed by atoms with Crippen LogP contribution in [0.15, 0.2) is 6.33 Å². The molecule has 0 spiro atoms. The van der Waals surface area contributed by atoms with E-state index < -0.39 is 5.97 Å². The highest BCUT2D eigenvalue weighted by Crippen LogP contribution is 1.93. The zero-order chi connectivity index (χ0) is 10.4. The van der Waals surface area contributed by atoms with Crippen LogP contribution in [0.5, 0.6) is 0 Å². The standard InChI is InChI=1S/C9H11N3O2/c1-3-4-5-6-12-7-10-8(11-12)9(13)14-2/h7H,5-6H2,1-2H3. The van der Waals surface area contributed by atoms with E-state index in [0.717, 1.165) is 0 Å². The van der Waals surface area contributed by atoms with Crippen LogP contribution in [0.4, 0.5) is 0 Å². The maximum Gasteiger partial charge on any atom is 0.377 e. The summed E-state index contributed by atoms with van der Waals surface area (Å²) in [5.74, 6) is 5.23. The maximum atomic E-state index is 11.0. The van der Waals surface area contributed by atoms with Gasteiger partial charge in [0.05, 0.1) is 13.7 Å². The van der Waals surface area contributed by atoms with Crippen LogP contribution in [0, 0.1) is 11.8 Å². The van der Waals surface area contributed by atoms with Crippen molar-refractivity contribution in [3.63, 3.8) is 0 Å². The quantitative estimate of drug-likeness (QED) is 0.517. The lowest BCUT2D eigenvalue weighted by molar-refractivity contribution is 0.0586. The van der Waals surface area contributed by atoms with Gasteiger partial charge >= 0.3 is 5.97 Å². The summed E-state index contributed by atoms with van der Waals surface area (Å²) >= 11 is 0. The van der Waals surface area contributed by atoms with E-state index in [-0.39, 0.29) is 5.82 Å². The average molecular weight is 193 g/mol. The Morgan fingerprint density at radius 2 is 2.50 bits per heavy atom. The first-order valence-electron chi connectivity index (χ1n) is 4.15. The topological polar surface area (TPSA) is 57.0 Å². The molecular formula is C9H11N3O2. The van der Waals surface area contributed by atoms with Crippen molar-refractivity contribution in [2.75, 3.05) is 7.11 Å². The highest BCUT2D eigenvalue weighted by molar-refractivity contribution is 5.84. The highest BCUT2D eigenvalue weighted by Gasteiger charge is 2.10. The second-order valence-corrected chi connectivity index (χ2v) is 2.50. The Morgan fingerprint density at radius 1 is 1.71 bits per heavy atom. The molecule has 0 aliphatic heterocycles. The van der Waals surface area contributed by atoms with Crippen LogP contribution < -0.4 is 0 Å². The van der Waals surface area contributed by atoms with E-state index in [4.69, 9.17) is 0 Å². The molecule has 0 saturated heterocycles. The second-order valence-electron chi connectivity index (χ2n) is 2.50. The van der Waals surface area contributed by atoms with Gasteiger partial charge in [-0.3, -0.25) is 4.68 Å². The zero-order valence-electron chi connectivity index (χ0n) is 8.15. The van der Waals surface area contributed by atoms with E-state index in [1.807, 2.05) is 0 Å². The van der Waals surface area contributed by atoms with Gasteiger partial charge in [0.1, 0.15) is 6.33 Å². The summed E-state index contributed by atoms with van der Waals surface area (Å²) in [4.78, 5) is 14.8. The van der Waals surface area contributed by atoms with Gasteiger partial charge < -0.3 is 4.74 Å².